The molecule has 3 atom stereocenters. The van der Waals surface area contributed by atoms with Crippen molar-refractivity contribution in [2.75, 3.05) is 25.7 Å². The Bertz CT molecular complexity index is 1190. The van der Waals surface area contributed by atoms with Crippen LogP contribution in [0.1, 0.15) is 30.1 Å². The van der Waals surface area contributed by atoms with Gasteiger partial charge in [-0.05, 0) is 6.42 Å². The maximum atomic E-state index is 13.6. The van der Waals surface area contributed by atoms with Crippen molar-refractivity contribution in [1.29, 1.82) is 0 Å². The minimum absolute atomic E-state index is 0.00112. The van der Waals surface area contributed by atoms with Crippen LogP contribution in [0.2, 0.25) is 5.02 Å². The molecule has 0 radical (unpaired) electrons. The number of carbonyl (C=O) groups excluding carboxylic acids is 2. The highest BCUT2D eigenvalue weighted by atomic mass is 35.5. The highest BCUT2D eigenvalue weighted by Gasteiger charge is 2.60. The zero-order chi connectivity index (χ0) is 23.4. The minimum atomic E-state index is -3.17. The number of aliphatic imine (C=N–C) groups is 1. The van der Waals surface area contributed by atoms with Gasteiger partial charge in [0.25, 0.3) is 0 Å². The molecule has 0 saturated carbocycles. The molecule has 1 aromatic carbocycles. The number of nitrogens with zero attached hydrogens (tertiary/aromatic N) is 1. The van der Waals surface area contributed by atoms with E-state index in [-0.39, 0.29) is 51.3 Å². The molecule has 0 amide bonds. The molecule has 172 valence electrons. The normalized spacial score (nSPS) is 29.0. The lowest BCUT2D eigenvalue weighted by molar-refractivity contribution is -0.118. The lowest BCUT2D eigenvalue weighted by Gasteiger charge is -2.36. The number of fused-ring (bicyclic) bond motifs is 1. The van der Waals surface area contributed by atoms with Crippen LogP contribution < -0.4 is 14.2 Å². The molecule has 11 heteroatoms. The molecule has 2 heterocycles. The van der Waals surface area contributed by atoms with E-state index in [0.29, 0.717) is 6.42 Å². The number of halogens is 1. The quantitative estimate of drug-likeness (QED) is 0.646. The number of sulfone groups is 1. The van der Waals surface area contributed by atoms with Crippen molar-refractivity contribution in [3.05, 3.63) is 28.0 Å². The third-order valence-corrected chi connectivity index (χ3v) is 8.24. The van der Waals surface area contributed by atoms with Crippen LogP contribution in [0.15, 0.2) is 22.4 Å². The van der Waals surface area contributed by atoms with Crippen LogP contribution >= 0.6 is 11.6 Å². The van der Waals surface area contributed by atoms with Crippen LogP contribution in [0.3, 0.4) is 0 Å². The molecule has 1 fully saturated rings. The fraction of sp³-hybridized carbons (Fsp3) is 0.476. The highest BCUT2D eigenvalue weighted by Crippen LogP contribution is 2.54. The molecule has 9 nitrogen and oxygen atoms in total. The summed E-state index contributed by atoms with van der Waals surface area (Å²) in [7, 11) is -0.394. The molecule has 3 unspecified atom stereocenters. The first-order valence-electron chi connectivity index (χ1n) is 9.94. The number of benzene rings is 1. The molecule has 2 aliphatic heterocycles. The van der Waals surface area contributed by atoms with Gasteiger partial charge in [0, 0.05) is 24.6 Å². The number of ether oxygens (including phenoxy) is 3. The van der Waals surface area contributed by atoms with Crippen molar-refractivity contribution >= 4 is 39.2 Å². The van der Waals surface area contributed by atoms with E-state index in [2.05, 4.69) is 4.99 Å². The van der Waals surface area contributed by atoms with E-state index in [0.717, 1.165) is 6.21 Å². The average Bonchev–Trinajstić information content (AvgIpc) is 3.25. The molecule has 1 spiro atoms. The van der Waals surface area contributed by atoms with Gasteiger partial charge < -0.3 is 19.3 Å². The standard InChI is InChI=1S/C21H22ClNO8S/c1-10-6-13(24)12(8-23-11-4-5-32(27,28)9-11)19(25)21(10)20(26)16-14(29-2)7-15(30-3)17(22)18(16)31-21/h7-8,10-11,25H,4-6,9H2,1-3H3. The van der Waals surface area contributed by atoms with Gasteiger partial charge in [-0.25, -0.2) is 8.42 Å². The SMILES string of the molecule is COc1cc(OC)c2c(c1Cl)OC1(C2=O)C(O)=C(C=NC2CCS(=O)(=O)C2)C(=O)CC1C. The lowest BCUT2D eigenvalue weighted by atomic mass is 9.73. The average molecular weight is 484 g/mol. The summed E-state index contributed by atoms with van der Waals surface area (Å²) in [4.78, 5) is 30.5. The third-order valence-electron chi connectivity index (χ3n) is 6.13. The number of aliphatic hydroxyl groups is 1. The maximum Gasteiger partial charge on any atom is 0.231 e. The number of methoxy groups -OCH3 is 2. The van der Waals surface area contributed by atoms with E-state index in [4.69, 9.17) is 25.8 Å². The molecular weight excluding hydrogens is 462 g/mol. The van der Waals surface area contributed by atoms with Gasteiger partial charge in [-0.15, -0.1) is 0 Å². The second kappa shape index (κ2) is 7.77. The number of allylic oxidation sites excluding steroid dienone is 1. The fourth-order valence-electron chi connectivity index (χ4n) is 4.39. The van der Waals surface area contributed by atoms with E-state index in [1.165, 1.54) is 20.3 Å². The first-order chi connectivity index (χ1) is 15.1. The summed E-state index contributed by atoms with van der Waals surface area (Å²) in [6.45, 7) is 1.62. The van der Waals surface area contributed by atoms with Gasteiger partial charge in [-0.1, -0.05) is 18.5 Å². The molecular formula is C21H22ClNO8S. The molecule has 0 aromatic heterocycles. The minimum Gasteiger partial charge on any atom is -0.507 e. The molecule has 0 bridgehead atoms. The van der Waals surface area contributed by atoms with Gasteiger partial charge in [0.05, 0.1) is 37.3 Å². The van der Waals surface area contributed by atoms with Gasteiger partial charge >= 0.3 is 0 Å². The Morgan fingerprint density at radius 1 is 1.28 bits per heavy atom. The third kappa shape index (κ3) is 3.27. The number of aliphatic hydroxyl groups excluding tert-OH is 1. The molecule has 32 heavy (non-hydrogen) atoms. The van der Waals surface area contributed by atoms with Crippen LogP contribution in [0, 0.1) is 5.92 Å². The molecule has 1 aromatic rings. The lowest BCUT2D eigenvalue weighted by Crippen LogP contribution is -2.52. The van der Waals surface area contributed by atoms with Crippen LogP contribution in [-0.2, 0) is 14.6 Å². The summed E-state index contributed by atoms with van der Waals surface area (Å²) >= 11 is 6.38. The van der Waals surface area contributed by atoms with Crippen LogP contribution in [0.25, 0.3) is 0 Å². The second-order valence-electron chi connectivity index (χ2n) is 8.09. The first-order valence-corrected chi connectivity index (χ1v) is 12.1. The Balaban J connectivity index is 1.82. The number of ketones is 2. The smallest absolute Gasteiger partial charge is 0.231 e. The summed E-state index contributed by atoms with van der Waals surface area (Å²) < 4.78 is 39.9. The van der Waals surface area contributed by atoms with E-state index in [1.807, 2.05) is 0 Å². The van der Waals surface area contributed by atoms with Gasteiger partial charge in [0.15, 0.2) is 27.1 Å². The first kappa shape index (κ1) is 22.6. The maximum absolute atomic E-state index is 13.6. The van der Waals surface area contributed by atoms with Crippen molar-refractivity contribution < 1.29 is 37.3 Å². The molecule has 1 aliphatic carbocycles. The molecule has 3 aliphatic rings. The summed E-state index contributed by atoms with van der Waals surface area (Å²) in [5, 5.41) is 11.2. The van der Waals surface area contributed by atoms with E-state index in [9.17, 15) is 23.1 Å². The van der Waals surface area contributed by atoms with Crippen LogP contribution in [-0.4, -0.2) is 68.7 Å². The highest BCUT2D eigenvalue weighted by molar-refractivity contribution is 7.91. The summed E-state index contributed by atoms with van der Waals surface area (Å²) in [6.07, 6.45) is 1.39. The van der Waals surface area contributed by atoms with Crippen molar-refractivity contribution in [2.45, 2.75) is 31.4 Å². The van der Waals surface area contributed by atoms with Gasteiger partial charge in [0.1, 0.15) is 22.1 Å². The van der Waals surface area contributed by atoms with Crippen molar-refractivity contribution in [3.63, 3.8) is 0 Å². The van der Waals surface area contributed by atoms with Crippen molar-refractivity contribution in [1.82, 2.24) is 0 Å². The predicted molar refractivity (Wildman–Crippen MR) is 116 cm³/mol. The predicted octanol–water partition coefficient (Wildman–Crippen LogP) is 2.35. The number of rotatable bonds is 4. The van der Waals surface area contributed by atoms with Gasteiger partial charge in [-0.2, -0.15) is 0 Å². The summed E-state index contributed by atoms with van der Waals surface area (Å²) in [5.41, 5.74) is -2.03. The van der Waals surface area contributed by atoms with E-state index in [1.54, 1.807) is 6.92 Å². The Hall–Kier alpha value is -2.59. The Morgan fingerprint density at radius 2 is 1.97 bits per heavy atom. The Morgan fingerprint density at radius 3 is 2.56 bits per heavy atom. The zero-order valence-electron chi connectivity index (χ0n) is 17.7. The van der Waals surface area contributed by atoms with E-state index < -0.39 is 44.7 Å². The zero-order valence-corrected chi connectivity index (χ0v) is 19.2. The van der Waals surface area contributed by atoms with Gasteiger partial charge in [0.2, 0.25) is 11.4 Å². The summed E-state index contributed by atoms with van der Waals surface area (Å²) in [5.74, 6) is -2.04. The molecule has 4 rings (SSSR count). The number of hydrogen-bond donors (Lipinski definition) is 1. The second-order valence-corrected chi connectivity index (χ2v) is 10.7. The fourth-order valence-corrected chi connectivity index (χ4v) is 6.29. The molecule has 1 saturated heterocycles. The molecule has 1 N–H and O–H groups in total. The van der Waals surface area contributed by atoms with Crippen molar-refractivity contribution in [3.8, 4) is 17.2 Å². The van der Waals surface area contributed by atoms with Gasteiger partial charge in [-0.3, -0.25) is 14.6 Å². The van der Waals surface area contributed by atoms with Crippen LogP contribution in [0.4, 0.5) is 0 Å². The van der Waals surface area contributed by atoms with Crippen molar-refractivity contribution in [2.24, 2.45) is 10.9 Å². The largest absolute Gasteiger partial charge is 0.507 e. The topological polar surface area (TPSA) is 129 Å². The number of carbonyl (C=O) groups is 2. The van der Waals surface area contributed by atoms with Crippen LogP contribution in [0.5, 0.6) is 17.2 Å². The number of hydrogen-bond acceptors (Lipinski definition) is 9. The summed E-state index contributed by atoms with van der Waals surface area (Å²) in [6, 6.07) is 0.934. The monoisotopic (exact) mass is 483 g/mol. The Kier molecular flexibility index (Phi) is 5.49. The Labute approximate surface area is 189 Å². The number of Topliss-reactive ketones (excluding diaryl/α,β-unsaturated/α-hetero) is 2. The van der Waals surface area contributed by atoms with E-state index >= 15 is 0 Å².